The number of aliphatic imine (C=N–C) groups is 1. The molecule has 12 heteroatoms. The fourth-order valence-corrected chi connectivity index (χ4v) is 4.32. The van der Waals surface area contributed by atoms with Crippen molar-refractivity contribution in [3.63, 3.8) is 0 Å². The summed E-state index contributed by atoms with van der Waals surface area (Å²) >= 11 is 1.63. The van der Waals surface area contributed by atoms with Crippen molar-refractivity contribution < 1.29 is 21.6 Å². The van der Waals surface area contributed by atoms with Crippen molar-refractivity contribution in [3.05, 3.63) is 22.4 Å². The lowest BCUT2D eigenvalue weighted by molar-refractivity contribution is -0.0494. The Bertz CT molecular complexity index is 688. The fraction of sp³-hybridized carbons (Fsp3) is 0.667. The van der Waals surface area contributed by atoms with E-state index in [9.17, 15) is 21.6 Å². The van der Waals surface area contributed by atoms with Crippen LogP contribution in [0.3, 0.4) is 0 Å². The first-order valence-electron chi connectivity index (χ1n) is 8.36. The van der Waals surface area contributed by atoms with E-state index < -0.39 is 15.5 Å². The number of piperidine rings is 1. The molecule has 0 amide bonds. The molecule has 1 aliphatic heterocycles. The number of rotatable bonds is 6. The molecule has 2 heterocycles. The fourth-order valence-electron chi connectivity index (χ4n) is 2.63. The highest BCUT2D eigenvalue weighted by Gasteiger charge is 2.50. The molecule has 0 saturated carbocycles. The Labute approximate surface area is 178 Å². The van der Waals surface area contributed by atoms with Gasteiger partial charge in [0.15, 0.2) is 5.96 Å². The molecular formula is C15H24F3IN4O2S2. The van der Waals surface area contributed by atoms with Crippen molar-refractivity contribution in [3.8, 4) is 0 Å². The van der Waals surface area contributed by atoms with Crippen LogP contribution in [0.1, 0.15) is 25.3 Å². The number of nitrogens with zero attached hydrogens (tertiary/aromatic N) is 2. The molecular weight excluding hydrogens is 516 g/mol. The molecule has 0 spiro atoms. The van der Waals surface area contributed by atoms with Crippen LogP contribution in [-0.4, -0.2) is 56.4 Å². The van der Waals surface area contributed by atoms with Gasteiger partial charge in [-0.2, -0.15) is 28.8 Å². The predicted octanol–water partition coefficient (Wildman–Crippen LogP) is 2.78. The van der Waals surface area contributed by atoms with Crippen LogP contribution in [0, 0.1) is 0 Å². The van der Waals surface area contributed by atoms with E-state index in [1.54, 1.807) is 11.3 Å². The van der Waals surface area contributed by atoms with Gasteiger partial charge in [-0.15, -0.1) is 24.0 Å². The van der Waals surface area contributed by atoms with Gasteiger partial charge in [-0.05, 0) is 48.6 Å². The second kappa shape index (κ2) is 10.8. The normalized spacial score (nSPS) is 17.4. The molecule has 156 valence electrons. The quantitative estimate of drug-likeness (QED) is 0.331. The molecule has 6 nitrogen and oxygen atoms in total. The maximum absolute atomic E-state index is 12.6. The topological polar surface area (TPSA) is 73.8 Å². The molecule has 0 radical (unpaired) electrons. The average Bonchev–Trinajstić information content (AvgIpc) is 3.08. The van der Waals surface area contributed by atoms with Gasteiger partial charge in [0, 0.05) is 32.2 Å². The molecule has 2 N–H and O–H groups in total. The monoisotopic (exact) mass is 540 g/mol. The number of alkyl halides is 3. The molecule has 1 fully saturated rings. The van der Waals surface area contributed by atoms with Gasteiger partial charge in [-0.1, -0.05) is 0 Å². The van der Waals surface area contributed by atoms with Crippen molar-refractivity contribution in [2.75, 3.05) is 26.2 Å². The second-order valence-electron chi connectivity index (χ2n) is 5.91. The minimum absolute atomic E-state index is 0. The zero-order valence-electron chi connectivity index (χ0n) is 14.8. The number of hydrogen-bond acceptors (Lipinski definition) is 4. The summed E-state index contributed by atoms with van der Waals surface area (Å²) in [5.74, 6) is 0.597. The first kappa shape index (κ1) is 24.4. The third kappa shape index (κ3) is 7.06. The summed E-state index contributed by atoms with van der Waals surface area (Å²) in [7, 11) is -5.24. The number of hydrogen-bond donors (Lipinski definition) is 2. The second-order valence-corrected chi connectivity index (χ2v) is 8.62. The maximum atomic E-state index is 12.6. The predicted molar refractivity (Wildman–Crippen MR) is 112 cm³/mol. The molecule has 1 aromatic rings. The molecule has 1 aromatic heterocycles. The first-order chi connectivity index (χ1) is 12.2. The lowest BCUT2D eigenvalue weighted by atomic mass is 10.1. The molecule has 0 aromatic carbocycles. The minimum atomic E-state index is -5.24. The van der Waals surface area contributed by atoms with Crippen LogP contribution in [0.15, 0.2) is 21.8 Å². The van der Waals surface area contributed by atoms with E-state index in [0.29, 0.717) is 36.2 Å². The number of nitrogens with one attached hydrogen (secondary N) is 2. The molecule has 0 atom stereocenters. The molecule has 1 aliphatic rings. The molecule has 0 aliphatic carbocycles. The van der Waals surface area contributed by atoms with Crippen LogP contribution >= 0.6 is 35.3 Å². The standard InChI is InChI=1S/C15H23F3N4O2S2.HI/c1-2-19-14(20-7-3-12-6-10-25-11-12)21-13-4-8-22(9-5-13)26(23,24)15(16,17)18;/h6,10-11,13H,2-5,7-9H2,1H3,(H2,19,20,21);1H. The third-order valence-corrected chi connectivity index (χ3v) is 6.38. The van der Waals surface area contributed by atoms with Crippen LogP contribution in [-0.2, 0) is 16.4 Å². The Morgan fingerprint density at radius 2 is 2.04 bits per heavy atom. The SMILES string of the molecule is CCNC(=NCCc1ccsc1)NC1CCN(S(=O)(=O)C(F)(F)F)CC1.I. The summed E-state index contributed by atoms with van der Waals surface area (Å²) in [4.78, 5) is 4.48. The summed E-state index contributed by atoms with van der Waals surface area (Å²) < 4.78 is 61.2. The van der Waals surface area contributed by atoms with E-state index in [2.05, 4.69) is 21.0 Å². The van der Waals surface area contributed by atoms with Crippen molar-refractivity contribution >= 4 is 51.3 Å². The zero-order chi connectivity index (χ0) is 19.2. The smallest absolute Gasteiger partial charge is 0.357 e. The highest BCUT2D eigenvalue weighted by atomic mass is 127. The first-order valence-corrected chi connectivity index (χ1v) is 10.7. The molecule has 0 unspecified atom stereocenters. The van der Waals surface area contributed by atoms with Gasteiger partial charge in [0.05, 0.1) is 0 Å². The van der Waals surface area contributed by atoms with Crippen LogP contribution < -0.4 is 10.6 Å². The van der Waals surface area contributed by atoms with Crippen molar-refractivity contribution in [2.24, 2.45) is 4.99 Å². The maximum Gasteiger partial charge on any atom is 0.511 e. The largest absolute Gasteiger partial charge is 0.511 e. The third-order valence-electron chi connectivity index (χ3n) is 4.02. The summed E-state index contributed by atoms with van der Waals surface area (Å²) in [5.41, 5.74) is -4.04. The molecule has 1 saturated heterocycles. The number of thiophene rings is 1. The van der Waals surface area contributed by atoms with Crippen LogP contribution in [0.4, 0.5) is 13.2 Å². The zero-order valence-corrected chi connectivity index (χ0v) is 18.8. The summed E-state index contributed by atoms with van der Waals surface area (Å²) in [5, 5.41) is 10.4. The van der Waals surface area contributed by atoms with E-state index in [1.807, 2.05) is 18.4 Å². The highest BCUT2D eigenvalue weighted by Crippen LogP contribution is 2.28. The van der Waals surface area contributed by atoms with Gasteiger partial charge in [-0.25, -0.2) is 8.42 Å². The number of halogens is 4. The van der Waals surface area contributed by atoms with Gasteiger partial charge in [0.1, 0.15) is 0 Å². The molecule has 2 rings (SSSR count). The Morgan fingerprint density at radius 3 is 2.56 bits per heavy atom. The lowest BCUT2D eigenvalue weighted by Gasteiger charge is -2.32. The molecule has 27 heavy (non-hydrogen) atoms. The number of guanidine groups is 1. The highest BCUT2D eigenvalue weighted by molar-refractivity contribution is 14.0. The van der Waals surface area contributed by atoms with Gasteiger partial charge in [0.2, 0.25) is 0 Å². The summed E-state index contributed by atoms with van der Waals surface area (Å²) in [6.45, 7) is 2.86. The van der Waals surface area contributed by atoms with Gasteiger partial charge >= 0.3 is 15.5 Å². The molecule has 0 bridgehead atoms. The summed E-state index contributed by atoms with van der Waals surface area (Å²) in [6.07, 6.45) is 1.40. The minimum Gasteiger partial charge on any atom is -0.357 e. The van der Waals surface area contributed by atoms with Crippen molar-refractivity contribution in [1.82, 2.24) is 14.9 Å². The van der Waals surface area contributed by atoms with Crippen molar-refractivity contribution in [2.45, 2.75) is 37.7 Å². The Morgan fingerprint density at radius 1 is 1.37 bits per heavy atom. The van der Waals surface area contributed by atoms with E-state index in [4.69, 9.17) is 0 Å². The van der Waals surface area contributed by atoms with Crippen LogP contribution in [0.25, 0.3) is 0 Å². The van der Waals surface area contributed by atoms with Crippen LogP contribution in [0.2, 0.25) is 0 Å². The van der Waals surface area contributed by atoms with Gasteiger partial charge in [-0.3, -0.25) is 4.99 Å². The average molecular weight is 540 g/mol. The van der Waals surface area contributed by atoms with Crippen LogP contribution in [0.5, 0.6) is 0 Å². The van der Waals surface area contributed by atoms with Crippen molar-refractivity contribution in [1.29, 1.82) is 0 Å². The van der Waals surface area contributed by atoms with E-state index in [0.717, 1.165) is 6.42 Å². The van der Waals surface area contributed by atoms with E-state index in [1.165, 1.54) is 5.56 Å². The Kier molecular flexibility index (Phi) is 9.79. The Balaban J connectivity index is 0.00000364. The van der Waals surface area contributed by atoms with E-state index in [-0.39, 0.29) is 43.1 Å². The lowest BCUT2D eigenvalue weighted by Crippen LogP contribution is -2.51. The number of sulfonamides is 1. The van der Waals surface area contributed by atoms with Gasteiger partial charge < -0.3 is 10.6 Å². The summed E-state index contributed by atoms with van der Waals surface area (Å²) in [6, 6.07) is 1.92. The Hall–Kier alpha value is -0.600. The van der Waals surface area contributed by atoms with Gasteiger partial charge in [0.25, 0.3) is 0 Å². The van der Waals surface area contributed by atoms with E-state index >= 15 is 0 Å².